The Balaban J connectivity index is 1.60. The van der Waals surface area contributed by atoms with Gasteiger partial charge in [-0.1, -0.05) is 46.3 Å². The van der Waals surface area contributed by atoms with Crippen molar-refractivity contribution in [3.63, 3.8) is 0 Å². The van der Waals surface area contributed by atoms with Crippen LogP contribution in [0.2, 0.25) is 0 Å². The minimum atomic E-state index is -3.66. The summed E-state index contributed by atoms with van der Waals surface area (Å²) in [6, 6.07) is 22.4. The van der Waals surface area contributed by atoms with Crippen molar-refractivity contribution >= 4 is 37.5 Å². The zero-order valence-electron chi connectivity index (χ0n) is 15.8. The lowest BCUT2D eigenvalue weighted by Crippen LogP contribution is -2.34. The van der Waals surface area contributed by atoms with Crippen LogP contribution in [0.3, 0.4) is 0 Å². The third kappa shape index (κ3) is 5.92. The first kappa shape index (κ1) is 21.1. The zero-order chi connectivity index (χ0) is 20.9. The molecule has 0 bridgehead atoms. The van der Waals surface area contributed by atoms with Gasteiger partial charge in [0.1, 0.15) is 0 Å². The Morgan fingerprint density at radius 2 is 1.55 bits per heavy atom. The van der Waals surface area contributed by atoms with Gasteiger partial charge in [0.15, 0.2) is 0 Å². The van der Waals surface area contributed by atoms with Gasteiger partial charge in [0.25, 0.3) is 15.9 Å². The number of hydrogen-bond donors (Lipinski definition) is 2. The second-order valence-electron chi connectivity index (χ2n) is 6.70. The van der Waals surface area contributed by atoms with E-state index in [1.165, 1.54) is 12.1 Å². The number of hydrogen-bond acceptors (Lipinski definition) is 3. The Morgan fingerprint density at radius 3 is 2.17 bits per heavy atom. The molecule has 1 unspecified atom stereocenters. The molecule has 0 aromatic heterocycles. The lowest BCUT2D eigenvalue weighted by molar-refractivity contribution is 0.0940. The second-order valence-corrected chi connectivity index (χ2v) is 9.30. The molecule has 0 spiro atoms. The maximum absolute atomic E-state index is 12.5. The average Bonchev–Trinajstić information content (AvgIpc) is 2.70. The van der Waals surface area contributed by atoms with Gasteiger partial charge in [0.2, 0.25) is 0 Å². The van der Waals surface area contributed by atoms with Gasteiger partial charge in [-0.05, 0) is 67.4 Å². The van der Waals surface area contributed by atoms with Crippen molar-refractivity contribution in [2.24, 2.45) is 0 Å². The smallest absolute Gasteiger partial charge is 0.261 e. The molecule has 2 N–H and O–H groups in total. The Kier molecular flexibility index (Phi) is 6.71. The van der Waals surface area contributed by atoms with E-state index < -0.39 is 10.0 Å². The predicted molar refractivity (Wildman–Crippen MR) is 118 cm³/mol. The van der Waals surface area contributed by atoms with Crippen LogP contribution < -0.4 is 10.0 Å². The van der Waals surface area contributed by atoms with Crippen LogP contribution in [0.1, 0.15) is 22.8 Å². The normalized spacial score (nSPS) is 12.2. The number of amides is 1. The van der Waals surface area contributed by atoms with Gasteiger partial charge in [-0.3, -0.25) is 9.52 Å². The SMILES string of the molecule is CC(Cc1ccc(Br)cc1)NC(=O)c1ccc(NS(=O)(=O)c2ccccc2)cc1. The molecule has 0 aliphatic carbocycles. The summed E-state index contributed by atoms with van der Waals surface area (Å²) in [5.41, 5.74) is 2.00. The Morgan fingerprint density at radius 1 is 0.931 bits per heavy atom. The van der Waals surface area contributed by atoms with E-state index in [0.717, 1.165) is 10.0 Å². The first-order valence-corrected chi connectivity index (χ1v) is 11.3. The van der Waals surface area contributed by atoms with E-state index in [1.54, 1.807) is 42.5 Å². The highest BCUT2D eigenvalue weighted by molar-refractivity contribution is 9.10. The van der Waals surface area contributed by atoms with Gasteiger partial charge in [-0.15, -0.1) is 0 Å². The molecule has 3 aromatic carbocycles. The van der Waals surface area contributed by atoms with Crippen molar-refractivity contribution in [2.45, 2.75) is 24.3 Å². The van der Waals surface area contributed by atoms with Crippen LogP contribution in [0, 0.1) is 0 Å². The van der Waals surface area contributed by atoms with E-state index in [2.05, 4.69) is 26.0 Å². The number of carbonyl (C=O) groups excluding carboxylic acids is 1. The van der Waals surface area contributed by atoms with E-state index in [9.17, 15) is 13.2 Å². The maximum Gasteiger partial charge on any atom is 0.261 e. The molecule has 5 nitrogen and oxygen atoms in total. The molecule has 3 rings (SSSR count). The largest absolute Gasteiger partial charge is 0.349 e. The fourth-order valence-corrected chi connectivity index (χ4v) is 4.18. The van der Waals surface area contributed by atoms with Crippen molar-refractivity contribution in [3.8, 4) is 0 Å². The molecular weight excluding hydrogens is 452 g/mol. The number of anilines is 1. The minimum Gasteiger partial charge on any atom is -0.349 e. The van der Waals surface area contributed by atoms with Crippen LogP contribution >= 0.6 is 15.9 Å². The van der Waals surface area contributed by atoms with Crippen molar-refractivity contribution < 1.29 is 13.2 Å². The van der Waals surface area contributed by atoms with E-state index in [4.69, 9.17) is 0 Å². The molecule has 3 aromatic rings. The van der Waals surface area contributed by atoms with Crippen molar-refractivity contribution in [3.05, 3.63) is 94.5 Å². The Bertz CT molecular complexity index is 1070. The number of carbonyl (C=O) groups is 1. The number of halogens is 1. The first-order valence-electron chi connectivity index (χ1n) is 9.07. The van der Waals surface area contributed by atoms with Crippen molar-refractivity contribution in [1.29, 1.82) is 0 Å². The summed E-state index contributed by atoms with van der Waals surface area (Å²) in [6.07, 6.45) is 0.716. The second kappa shape index (κ2) is 9.24. The zero-order valence-corrected chi connectivity index (χ0v) is 18.2. The van der Waals surface area contributed by atoms with Crippen LogP contribution in [0.4, 0.5) is 5.69 Å². The lowest BCUT2D eigenvalue weighted by atomic mass is 10.1. The molecule has 1 atom stereocenters. The van der Waals surface area contributed by atoms with Crippen LogP contribution in [-0.4, -0.2) is 20.4 Å². The van der Waals surface area contributed by atoms with E-state index in [0.29, 0.717) is 17.7 Å². The molecule has 0 aliphatic heterocycles. The van der Waals surface area contributed by atoms with Gasteiger partial charge >= 0.3 is 0 Å². The van der Waals surface area contributed by atoms with Crippen molar-refractivity contribution in [1.82, 2.24) is 5.32 Å². The molecule has 0 aliphatic rings. The van der Waals surface area contributed by atoms with Gasteiger partial charge in [0.05, 0.1) is 4.90 Å². The molecule has 1 amide bonds. The highest BCUT2D eigenvalue weighted by atomic mass is 79.9. The third-order valence-electron chi connectivity index (χ3n) is 4.29. The Labute approximate surface area is 179 Å². The summed E-state index contributed by atoms with van der Waals surface area (Å²) in [5.74, 6) is -0.202. The monoisotopic (exact) mass is 472 g/mol. The molecule has 29 heavy (non-hydrogen) atoms. The van der Waals surface area contributed by atoms with Gasteiger partial charge in [0, 0.05) is 21.8 Å². The third-order valence-corrected chi connectivity index (χ3v) is 6.21. The van der Waals surface area contributed by atoms with Crippen LogP contribution in [-0.2, 0) is 16.4 Å². The predicted octanol–water partition coefficient (Wildman–Crippen LogP) is 4.61. The van der Waals surface area contributed by atoms with Crippen LogP contribution in [0.15, 0.2) is 88.2 Å². The fourth-order valence-electron chi connectivity index (χ4n) is 2.84. The standard InChI is InChI=1S/C22H21BrN2O3S/c1-16(15-17-7-11-19(23)12-8-17)24-22(26)18-9-13-20(14-10-18)25-29(27,28)21-5-3-2-4-6-21/h2-14,16,25H,15H2,1H3,(H,24,26). The molecule has 0 heterocycles. The van der Waals surface area contributed by atoms with Crippen LogP contribution in [0.5, 0.6) is 0 Å². The summed E-state index contributed by atoms with van der Waals surface area (Å²) >= 11 is 3.41. The Hall–Kier alpha value is -2.64. The molecule has 7 heteroatoms. The number of nitrogens with one attached hydrogen (secondary N) is 2. The van der Waals surface area contributed by atoms with E-state index >= 15 is 0 Å². The summed E-state index contributed by atoms with van der Waals surface area (Å²) in [5, 5.41) is 2.96. The highest BCUT2D eigenvalue weighted by Gasteiger charge is 2.14. The van der Waals surface area contributed by atoms with E-state index in [-0.39, 0.29) is 16.8 Å². The molecular formula is C22H21BrN2O3S. The molecule has 0 saturated carbocycles. The topological polar surface area (TPSA) is 75.3 Å². The average molecular weight is 473 g/mol. The van der Waals surface area contributed by atoms with Crippen LogP contribution in [0.25, 0.3) is 0 Å². The van der Waals surface area contributed by atoms with Gasteiger partial charge in [-0.25, -0.2) is 8.42 Å². The summed E-state index contributed by atoms with van der Waals surface area (Å²) in [4.78, 5) is 12.6. The van der Waals surface area contributed by atoms with Gasteiger partial charge in [-0.2, -0.15) is 0 Å². The number of rotatable bonds is 7. The van der Waals surface area contributed by atoms with Gasteiger partial charge < -0.3 is 5.32 Å². The van der Waals surface area contributed by atoms with E-state index in [1.807, 2.05) is 31.2 Å². The maximum atomic E-state index is 12.5. The molecule has 0 radical (unpaired) electrons. The molecule has 0 fully saturated rings. The summed E-state index contributed by atoms with van der Waals surface area (Å²) in [6.45, 7) is 1.95. The first-order chi connectivity index (χ1) is 13.8. The number of benzene rings is 3. The quantitative estimate of drug-likeness (QED) is 0.526. The summed E-state index contributed by atoms with van der Waals surface area (Å²) < 4.78 is 28.3. The highest BCUT2D eigenvalue weighted by Crippen LogP contribution is 2.17. The molecule has 0 saturated heterocycles. The number of sulfonamides is 1. The fraction of sp³-hybridized carbons (Fsp3) is 0.136. The lowest BCUT2D eigenvalue weighted by Gasteiger charge is -2.14. The summed E-state index contributed by atoms with van der Waals surface area (Å²) in [7, 11) is -3.66. The molecule has 150 valence electrons. The minimum absolute atomic E-state index is 0.0417. The van der Waals surface area contributed by atoms with Crippen molar-refractivity contribution in [2.75, 3.05) is 4.72 Å².